The molecule has 0 aromatic heterocycles. The summed E-state index contributed by atoms with van der Waals surface area (Å²) in [5.41, 5.74) is 0.255. The molecule has 104 valence electrons. The molecule has 19 heavy (non-hydrogen) atoms. The lowest BCUT2D eigenvalue weighted by Crippen LogP contribution is -2.23. The van der Waals surface area contributed by atoms with Gasteiger partial charge >= 0.3 is 5.97 Å². The van der Waals surface area contributed by atoms with Crippen LogP contribution in [0.5, 0.6) is 0 Å². The van der Waals surface area contributed by atoms with Crippen LogP contribution in [0.15, 0.2) is 22.7 Å². The van der Waals surface area contributed by atoms with Gasteiger partial charge in [-0.05, 0) is 18.6 Å². The van der Waals surface area contributed by atoms with Crippen molar-refractivity contribution in [2.45, 2.75) is 19.8 Å². The van der Waals surface area contributed by atoms with Crippen molar-refractivity contribution in [2.24, 2.45) is 5.92 Å². The molecule has 0 saturated heterocycles. The highest BCUT2D eigenvalue weighted by Crippen LogP contribution is 2.28. The highest BCUT2D eigenvalue weighted by molar-refractivity contribution is 9.10. The first-order valence-electron chi connectivity index (χ1n) is 5.86. The van der Waals surface area contributed by atoms with E-state index in [0.717, 1.165) is 6.42 Å². The van der Waals surface area contributed by atoms with E-state index < -0.39 is 16.8 Å². The molecule has 0 aliphatic carbocycles. The fourth-order valence-electron chi connectivity index (χ4n) is 1.70. The third kappa shape index (κ3) is 4.51. The summed E-state index contributed by atoms with van der Waals surface area (Å²) in [6.45, 7) is 2.07. The van der Waals surface area contributed by atoms with Crippen molar-refractivity contribution in [3.05, 3.63) is 32.8 Å². The molecule has 2 N–H and O–H groups in total. The number of hydrogen-bond acceptors (Lipinski definition) is 4. The van der Waals surface area contributed by atoms with Crippen molar-refractivity contribution in [3.8, 4) is 0 Å². The van der Waals surface area contributed by atoms with Crippen LogP contribution < -0.4 is 5.32 Å². The number of carboxylic acids is 1. The number of halogens is 1. The second-order valence-electron chi connectivity index (χ2n) is 4.12. The lowest BCUT2D eigenvalue weighted by Gasteiger charge is -2.13. The average molecular weight is 331 g/mol. The van der Waals surface area contributed by atoms with Crippen LogP contribution in [-0.4, -0.2) is 22.5 Å². The lowest BCUT2D eigenvalue weighted by molar-refractivity contribution is -0.384. The van der Waals surface area contributed by atoms with Gasteiger partial charge in [-0.3, -0.25) is 14.9 Å². The van der Waals surface area contributed by atoms with E-state index in [1.165, 1.54) is 6.07 Å². The number of carbonyl (C=O) groups is 1. The molecular weight excluding hydrogens is 316 g/mol. The molecule has 1 aromatic rings. The Morgan fingerprint density at radius 2 is 2.26 bits per heavy atom. The Morgan fingerprint density at radius 1 is 1.58 bits per heavy atom. The molecule has 0 radical (unpaired) electrons. The van der Waals surface area contributed by atoms with Crippen LogP contribution in [0.2, 0.25) is 0 Å². The normalized spacial score (nSPS) is 11.9. The smallest absolute Gasteiger partial charge is 0.308 e. The molecule has 0 bridgehead atoms. The van der Waals surface area contributed by atoms with Crippen LogP contribution in [0, 0.1) is 16.0 Å². The van der Waals surface area contributed by atoms with E-state index in [9.17, 15) is 14.9 Å². The Hall–Kier alpha value is -1.63. The van der Waals surface area contributed by atoms with E-state index in [-0.39, 0.29) is 12.2 Å². The number of benzene rings is 1. The molecule has 1 unspecified atom stereocenters. The van der Waals surface area contributed by atoms with Crippen molar-refractivity contribution in [1.82, 2.24) is 0 Å². The van der Waals surface area contributed by atoms with Gasteiger partial charge in [0.05, 0.1) is 10.8 Å². The van der Waals surface area contributed by atoms with E-state index in [4.69, 9.17) is 5.11 Å². The zero-order valence-corrected chi connectivity index (χ0v) is 12.0. The molecular formula is C12H15BrN2O4. The van der Waals surface area contributed by atoms with Crippen LogP contribution in [0.25, 0.3) is 0 Å². The SMILES string of the molecule is CCCC(CNc1ccc(Br)cc1[N+](=O)[O-])C(=O)O. The highest BCUT2D eigenvalue weighted by atomic mass is 79.9. The maximum atomic E-state index is 11.0. The average Bonchev–Trinajstić information content (AvgIpc) is 2.35. The van der Waals surface area contributed by atoms with Gasteiger partial charge in [0.2, 0.25) is 0 Å². The van der Waals surface area contributed by atoms with Crippen molar-refractivity contribution >= 4 is 33.3 Å². The van der Waals surface area contributed by atoms with E-state index >= 15 is 0 Å². The maximum absolute atomic E-state index is 11.0. The van der Waals surface area contributed by atoms with Crippen LogP contribution in [0.1, 0.15) is 19.8 Å². The Bertz CT molecular complexity index is 479. The highest BCUT2D eigenvalue weighted by Gasteiger charge is 2.19. The fourth-order valence-corrected chi connectivity index (χ4v) is 2.05. The first-order chi connectivity index (χ1) is 8.95. The second kappa shape index (κ2) is 7.08. The summed E-state index contributed by atoms with van der Waals surface area (Å²) in [5, 5.41) is 22.8. The van der Waals surface area contributed by atoms with Crippen LogP contribution in [0.3, 0.4) is 0 Å². The minimum absolute atomic E-state index is 0.0741. The minimum atomic E-state index is -0.894. The van der Waals surface area contributed by atoms with Gasteiger partial charge < -0.3 is 10.4 Å². The van der Waals surface area contributed by atoms with Gasteiger partial charge in [-0.25, -0.2) is 0 Å². The van der Waals surface area contributed by atoms with Gasteiger partial charge in [-0.1, -0.05) is 29.3 Å². The molecule has 0 aliphatic heterocycles. The van der Waals surface area contributed by atoms with Gasteiger partial charge in [-0.15, -0.1) is 0 Å². The Kier molecular flexibility index (Phi) is 5.75. The third-order valence-corrected chi connectivity index (χ3v) is 3.18. The minimum Gasteiger partial charge on any atom is -0.481 e. The number of rotatable bonds is 7. The van der Waals surface area contributed by atoms with E-state index in [0.29, 0.717) is 16.6 Å². The Balaban J connectivity index is 2.82. The summed E-state index contributed by atoms with van der Waals surface area (Å²) in [5.74, 6) is -1.44. The third-order valence-electron chi connectivity index (χ3n) is 2.68. The first kappa shape index (κ1) is 15.4. The van der Waals surface area contributed by atoms with Gasteiger partial charge in [0.15, 0.2) is 0 Å². The fraction of sp³-hybridized carbons (Fsp3) is 0.417. The summed E-state index contributed by atoms with van der Waals surface area (Å²) < 4.78 is 0.605. The van der Waals surface area contributed by atoms with Gasteiger partial charge in [0, 0.05) is 17.1 Å². The van der Waals surface area contributed by atoms with Crippen molar-refractivity contribution in [2.75, 3.05) is 11.9 Å². The van der Waals surface area contributed by atoms with Gasteiger partial charge in [0.1, 0.15) is 5.69 Å². The summed E-state index contributed by atoms with van der Waals surface area (Å²) >= 11 is 3.17. The van der Waals surface area contributed by atoms with Crippen LogP contribution in [0.4, 0.5) is 11.4 Å². The second-order valence-corrected chi connectivity index (χ2v) is 5.04. The molecule has 1 rings (SSSR count). The van der Waals surface area contributed by atoms with Crippen molar-refractivity contribution < 1.29 is 14.8 Å². The van der Waals surface area contributed by atoms with Gasteiger partial charge in [-0.2, -0.15) is 0 Å². The zero-order valence-electron chi connectivity index (χ0n) is 10.4. The molecule has 0 fully saturated rings. The zero-order chi connectivity index (χ0) is 14.4. The molecule has 0 heterocycles. The molecule has 7 heteroatoms. The van der Waals surface area contributed by atoms with Crippen LogP contribution in [-0.2, 0) is 4.79 Å². The number of hydrogen-bond donors (Lipinski definition) is 2. The summed E-state index contributed by atoms with van der Waals surface area (Å²) in [6, 6.07) is 4.62. The van der Waals surface area contributed by atoms with Gasteiger partial charge in [0.25, 0.3) is 5.69 Å². The number of carboxylic acid groups (broad SMARTS) is 1. The first-order valence-corrected chi connectivity index (χ1v) is 6.65. The maximum Gasteiger partial charge on any atom is 0.308 e. The van der Waals surface area contributed by atoms with E-state index in [2.05, 4.69) is 21.2 Å². The number of nitro benzene ring substituents is 1. The molecule has 0 saturated carbocycles. The number of nitro groups is 1. The summed E-state index contributed by atoms with van der Waals surface area (Å²) in [7, 11) is 0. The van der Waals surface area contributed by atoms with Crippen LogP contribution >= 0.6 is 15.9 Å². The van der Waals surface area contributed by atoms with E-state index in [1.54, 1.807) is 12.1 Å². The monoisotopic (exact) mass is 330 g/mol. The molecule has 1 atom stereocenters. The molecule has 1 aromatic carbocycles. The predicted molar refractivity (Wildman–Crippen MR) is 75.3 cm³/mol. The largest absolute Gasteiger partial charge is 0.481 e. The Morgan fingerprint density at radius 3 is 2.79 bits per heavy atom. The Labute approximate surface area is 119 Å². The lowest BCUT2D eigenvalue weighted by atomic mass is 10.0. The number of anilines is 1. The molecule has 0 spiro atoms. The summed E-state index contributed by atoms with van der Waals surface area (Å²) in [6.07, 6.45) is 1.29. The molecule has 0 aliphatic rings. The quantitative estimate of drug-likeness (QED) is 0.591. The number of nitrogens with zero attached hydrogens (tertiary/aromatic N) is 1. The summed E-state index contributed by atoms with van der Waals surface area (Å²) in [4.78, 5) is 21.4. The molecule has 0 amide bonds. The van der Waals surface area contributed by atoms with Crippen molar-refractivity contribution in [3.63, 3.8) is 0 Å². The number of nitrogens with one attached hydrogen (secondary N) is 1. The van der Waals surface area contributed by atoms with E-state index in [1.807, 2.05) is 6.92 Å². The molecule has 6 nitrogen and oxygen atoms in total. The number of aliphatic carboxylic acids is 1. The standard InChI is InChI=1S/C12H15BrN2O4/c1-2-3-8(12(16)17)7-14-10-5-4-9(13)6-11(10)15(18)19/h4-6,8,14H,2-3,7H2,1H3,(H,16,17). The topological polar surface area (TPSA) is 92.5 Å². The predicted octanol–water partition coefficient (Wildman–Crippen LogP) is 3.27. The van der Waals surface area contributed by atoms with Crippen molar-refractivity contribution in [1.29, 1.82) is 0 Å².